The topological polar surface area (TPSA) is 82.8 Å². The second-order valence-corrected chi connectivity index (χ2v) is 5.88. The van der Waals surface area contributed by atoms with Crippen molar-refractivity contribution in [3.63, 3.8) is 0 Å². The Bertz CT molecular complexity index is 517. The molecule has 0 atom stereocenters. The number of hydrogen-bond acceptors (Lipinski definition) is 5. The summed E-state index contributed by atoms with van der Waals surface area (Å²) in [5.74, 6) is 1.71. The van der Waals surface area contributed by atoms with Crippen LogP contribution in [-0.4, -0.2) is 39.3 Å². The molecule has 136 valence electrons. The van der Waals surface area contributed by atoms with E-state index in [-0.39, 0.29) is 11.4 Å². The van der Waals surface area contributed by atoms with Gasteiger partial charge >= 0.3 is 0 Å². The summed E-state index contributed by atoms with van der Waals surface area (Å²) in [5.41, 5.74) is 6.82. The Morgan fingerprint density at radius 1 is 1.08 bits per heavy atom. The van der Waals surface area contributed by atoms with Crippen molar-refractivity contribution in [3.8, 4) is 17.2 Å². The van der Waals surface area contributed by atoms with Crippen LogP contribution in [0.3, 0.4) is 0 Å². The van der Waals surface area contributed by atoms with Crippen LogP contribution in [0.4, 0.5) is 0 Å². The maximum Gasteiger partial charge on any atom is 0.220 e. The average Bonchev–Trinajstić information content (AvgIpc) is 2.63. The smallest absolute Gasteiger partial charge is 0.220 e. The number of hydrogen-bond donors (Lipinski definition) is 2. The molecule has 6 heteroatoms. The fraction of sp³-hybridized carbons (Fsp3) is 0.611. The minimum atomic E-state index is -0.331. The van der Waals surface area contributed by atoms with Crippen molar-refractivity contribution < 1.29 is 19.0 Å². The zero-order valence-electron chi connectivity index (χ0n) is 15.4. The van der Waals surface area contributed by atoms with Crippen LogP contribution in [0.25, 0.3) is 0 Å². The van der Waals surface area contributed by atoms with Crippen molar-refractivity contribution in [2.24, 2.45) is 5.73 Å². The second kappa shape index (κ2) is 9.37. The first-order valence-electron chi connectivity index (χ1n) is 8.27. The molecule has 0 bridgehead atoms. The van der Waals surface area contributed by atoms with Crippen molar-refractivity contribution in [3.05, 3.63) is 17.7 Å². The monoisotopic (exact) mass is 338 g/mol. The molecule has 6 nitrogen and oxygen atoms in total. The molecule has 1 rings (SSSR count). The molecule has 0 radical (unpaired) electrons. The number of rotatable bonds is 10. The quantitative estimate of drug-likeness (QED) is 0.684. The largest absolute Gasteiger partial charge is 0.493 e. The van der Waals surface area contributed by atoms with E-state index in [4.69, 9.17) is 19.9 Å². The minimum absolute atomic E-state index is 0.0134. The van der Waals surface area contributed by atoms with Gasteiger partial charge in [0.25, 0.3) is 0 Å². The van der Waals surface area contributed by atoms with Gasteiger partial charge in [-0.1, -0.05) is 13.8 Å². The number of nitrogens with one attached hydrogen (secondary N) is 1. The first-order chi connectivity index (χ1) is 11.4. The summed E-state index contributed by atoms with van der Waals surface area (Å²) in [7, 11) is 4.71. The van der Waals surface area contributed by atoms with Crippen molar-refractivity contribution in [2.45, 2.75) is 45.1 Å². The third-order valence-electron chi connectivity index (χ3n) is 4.41. The fourth-order valence-electron chi connectivity index (χ4n) is 2.40. The molecule has 24 heavy (non-hydrogen) atoms. The maximum atomic E-state index is 12.1. The molecular weight excluding hydrogens is 308 g/mol. The Balaban J connectivity index is 2.68. The van der Waals surface area contributed by atoms with Gasteiger partial charge < -0.3 is 25.3 Å². The van der Waals surface area contributed by atoms with Crippen LogP contribution in [0.15, 0.2) is 12.1 Å². The number of carbonyl (C=O) groups excluding carboxylic acids is 1. The zero-order chi connectivity index (χ0) is 18.2. The molecule has 0 saturated carbocycles. The number of carbonyl (C=O) groups is 1. The van der Waals surface area contributed by atoms with E-state index in [0.717, 1.165) is 18.4 Å². The first-order valence-corrected chi connectivity index (χ1v) is 8.27. The first kappa shape index (κ1) is 20.1. The van der Waals surface area contributed by atoms with Crippen LogP contribution in [0.2, 0.25) is 0 Å². The van der Waals surface area contributed by atoms with E-state index >= 15 is 0 Å². The molecule has 1 aromatic rings. The normalized spacial score (nSPS) is 11.1. The molecule has 0 fully saturated rings. The van der Waals surface area contributed by atoms with E-state index in [1.807, 2.05) is 26.0 Å². The van der Waals surface area contributed by atoms with Crippen LogP contribution >= 0.6 is 0 Å². The van der Waals surface area contributed by atoms with E-state index in [0.29, 0.717) is 36.6 Å². The minimum Gasteiger partial charge on any atom is -0.493 e. The number of amides is 1. The highest BCUT2D eigenvalue weighted by Gasteiger charge is 2.21. The molecule has 3 N–H and O–H groups in total. The fourth-order valence-corrected chi connectivity index (χ4v) is 2.40. The van der Waals surface area contributed by atoms with Gasteiger partial charge in [0.1, 0.15) is 0 Å². The van der Waals surface area contributed by atoms with Gasteiger partial charge in [-0.05, 0) is 37.0 Å². The van der Waals surface area contributed by atoms with Crippen molar-refractivity contribution in [1.29, 1.82) is 0 Å². The van der Waals surface area contributed by atoms with Crippen LogP contribution in [0.5, 0.6) is 17.2 Å². The van der Waals surface area contributed by atoms with Gasteiger partial charge in [-0.25, -0.2) is 0 Å². The summed E-state index contributed by atoms with van der Waals surface area (Å²) in [6.07, 6.45) is 2.62. The zero-order valence-corrected chi connectivity index (χ0v) is 15.4. The predicted octanol–water partition coefficient (Wildman–Crippen LogP) is 2.28. The highest BCUT2D eigenvalue weighted by Crippen LogP contribution is 2.38. The lowest BCUT2D eigenvalue weighted by Crippen LogP contribution is -2.49. The Morgan fingerprint density at radius 2 is 1.62 bits per heavy atom. The number of ether oxygens (including phenoxy) is 3. The molecular formula is C18H30N2O4. The van der Waals surface area contributed by atoms with Crippen LogP contribution < -0.4 is 25.3 Å². The number of benzene rings is 1. The number of aryl methyl sites for hydroxylation is 1. The molecule has 0 aliphatic carbocycles. The van der Waals surface area contributed by atoms with Gasteiger partial charge in [0.15, 0.2) is 11.5 Å². The lowest BCUT2D eigenvalue weighted by Gasteiger charge is -2.26. The Kier molecular flexibility index (Phi) is 7.85. The van der Waals surface area contributed by atoms with Gasteiger partial charge in [0.2, 0.25) is 11.7 Å². The molecule has 0 spiro atoms. The van der Waals surface area contributed by atoms with E-state index < -0.39 is 0 Å². The van der Waals surface area contributed by atoms with Gasteiger partial charge in [-0.2, -0.15) is 0 Å². The lowest BCUT2D eigenvalue weighted by molar-refractivity contribution is -0.121. The molecule has 0 unspecified atom stereocenters. The van der Waals surface area contributed by atoms with Gasteiger partial charge in [-0.3, -0.25) is 4.79 Å². The average molecular weight is 338 g/mol. The number of nitrogens with two attached hydrogens (primary N) is 1. The SMILES string of the molecule is CCC(N)(CC)CNC(=O)CCc1cc(OC)c(OC)c(OC)c1. The summed E-state index contributed by atoms with van der Waals surface area (Å²) in [6.45, 7) is 4.56. The Hall–Kier alpha value is -1.95. The van der Waals surface area contributed by atoms with Crippen molar-refractivity contribution in [2.75, 3.05) is 27.9 Å². The van der Waals surface area contributed by atoms with E-state index in [1.165, 1.54) is 0 Å². The van der Waals surface area contributed by atoms with Crippen LogP contribution in [0, 0.1) is 0 Å². The Morgan fingerprint density at radius 3 is 2.04 bits per heavy atom. The van der Waals surface area contributed by atoms with E-state index in [2.05, 4.69) is 5.32 Å². The molecule has 0 aliphatic heterocycles. The highest BCUT2D eigenvalue weighted by molar-refractivity contribution is 5.76. The van der Waals surface area contributed by atoms with Gasteiger partial charge in [0, 0.05) is 18.5 Å². The second-order valence-electron chi connectivity index (χ2n) is 5.88. The summed E-state index contributed by atoms with van der Waals surface area (Å²) < 4.78 is 15.9. The third-order valence-corrected chi connectivity index (χ3v) is 4.41. The van der Waals surface area contributed by atoms with Gasteiger partial charge in [-0.15, -0.1) is 0 Å². The van der Waals surface area contributed by atoms with Gasteiger partial charge in [0.05, 0.1) is 21.3 Å². The number of methoxy groups -OCH3 is 3. The lowest BCUT2D eigenvalue weighted by atomic mass is 9.94. The maximum absolute atomic E-state index is 12.1. The molecule has 1 amide bonds. The molecule has 0 saturated heterocycles. The molecule has 0 heterocycles. The van der Waals surface area contributed by atoms with Crippen LogP contribution in [0.1, 0.15) is 38.7 Å². The molecule has 1 aromatic carbocycles. The van der Waals surface area contributed by atoms with Crippen molar-refractivity contribution >= 4 is 5.91 Å². The summed E-state index contributed by atoms with van der Waals surface area (Å²) in [6, 6.07) is 3.72. The van der Waals surface area contributed by atoms with Crippen molar-refractivity contribution in [1.82, 2.24) is 5.32 Å². The van der Waals surface area contributed by atoms with Crippen LogP contribution in [-0.2, 0) is 11.2 Å². The van der Waals surface area contributed by atoms with E-state index in [9.17, 15) is 4.79 Å². The molecule has 0 aromatic heterocycles. The summed E-state index contributed by atoms with van der Waals surface area (Å²) in [4.78, 5) is 12.1. The molecule has 0 aliphatic rings. The third kappa shape index (κ3) is 5.30. The predicted molar refractivity (Wildman–Crippen MR) is 94.9 cm³/mol. The van der Waals surface area contributed by atoms with E-state index in [1.54, 1.807) is 21.3 Å². The highest BCUT2D eigenvalue weighted by atomic mass is 16.5. The summed E-state index contributed by atoms with van der Waals surface area (Å²) in [5, 5.41) is 2.92. The standard InChI is InChI=1S/C18H30N2O4/c1-6-18(19,7-2)12-20-16(21)9-8-13-10-14(22-3)17(24-5)15(11-13)23-4/h10-11H,6-9,12,19H2,1-5H3,(H,20,21). The Labute approximate surface area is 144 Å². The summed E-state index contributed by atoms with van der Waals surface area (Å²) >= 11 is 0.